The van der Waals surface area contributed by atoms with Crippen molar-refractivity contribution >= 4 is 29.4 Å². The van der Waals surface area contributed by atoms with Gasteiger partial charge in [-0.2, -0.15) is 5.10 Å². The topological polar surface area (TPSA) is 141 Å². The molecule has 0 radical (unpaired) electrons. The number of nitrogens with zero attached hydrogens (tertiary/aromatic N) is 2. The van der Waals surface area contributed by atoms with Crippen LogP contribution in [0, 0.1) is 12.3 Å². The maximum atomic E-state index is 13.7. The molecule has 0 aliphatic rings. The van der Waals surface area contributed by atoms with Gasteiger partial charge in [0.2, 0.25) is 5.91 Å². The molecule has 2 atom stereocenters. The van der Waals surface area contributed by atoms with Crippen molar-refractivity contribution in [2.45, 2.75) is 46.3 Å². The molecule has 2 aromatic carbocycles. The van der Waals surface area contributed by atoms with Gasteiger partial charge >= 0.3 is 5.97 Å². The zero-order valence-corrected chi connectivity index (χ0v) is 25.5. The quantitative estimate of drug-likeness (QED) is 0.283. The number of ether oxygens (including phenoxy) is 3. The monoisotopic (exact) mass is 600 g/mol. The van der Waals surface area contributed by atoms with E-state index in [-0.39, 0.29) is 18.7 Å². The van der Waals surface area contributed by atoms with Crippen LogP contribution in [0.3, 0.4) is 0 Å². The fraction of sp³-hybridized carbons (Fsp3) is 0.400. The molecule has 3 N–H and O–H groups in total. The summed E-state index contributed by atoms with van der Waals surface area (Å²) in [5, 5.41) is 20.5. The molecule has 2 amide bonds. The fourth-order valence-electron chi connectivity index (χ4n) is 4.36. The number of rotatable bonds is 11. The predicted molar refractivity (Wildman–Crippen MR) is 158 cm³/mol. The number of aliphatic hydroxyl groups excluding tert-OH is 1. The van der Waals surface area contributed by atoms with Crippen molar-refractivity contribution < 1.29 is 33.7 Å². The Morgan fingerprint density at radius 1 is 1.05 bits per heavy atom. The first-order valence-electron chi connectivity index (χ1n) is 13.2. The van der Waals surface area contributed by atoms with E-state index in [0.717, 1.165) is 5.56 Å². The summed E-state index contributed by atoms with van der Waals surface area (Å²) in [6, 6.07) is 11.5. The van der Waals surface area contributed by atoms with Crippen LogP contribution in [-0.4, -0.2) is 72.7 Å². The van der Waals surface area contributed by atoms with E-state index in [1.54, 1.807) is 36.9 Å². The third kappa shape index (κ3) is 7.40. The van der Waals surface area contributed by atoms with Crippen molar-refractivity contribution in [1.29, 1.82) is 0 Å². The number of halogens is 1. The van der Waals surface area contributed by atoms with E-state index in [2.05, 4.69) is 20.5 Å². The minimum Gasteiger partial charge on any atom is -0.497 e. The molecule has 0 fully saturated rings. The maximum absolute atomic E-state index is 13.7. The largest absolute Gasteiger partial charge is 0.497 e. The van der Waals surface area contributed by atoms with Gasteiger partial charge in [-0.25, -0.2) is 9.48 Å². The molecule has 0 saturated carbocycles. The minimum atomic E-state index is -1.37. The summed E-state index contributed by atoms with van der Waals surface area (Å²) in [7, 11) is 4.26. The third-order valence-corrected chi connectivity index (χ3v) is 6.90. The molecule has 1 aromatic heterocycles. The second kappa shape index (κ2) is 13.7. The van der Waals surface area contributed by atoms with Gasteiger partial charge in [0.15, 0.2) is 11.8 Å². The Labute approximate surface area is 250 Å². The summed E-state index contributed by atoms with van der Waals surface area (Å²) in [5.74, 6) is -0.699. The standard InChI is InChI=1S/C30H37ClN4O7/c1-17-24(27(37)33-26(30(2,3)4)28(38)32-15-14-22(36)29(39)42-7)34-35(21-13-10-19(31)16-23(21)41-6)25(17)18-8-11-20(40-5)12-9-18/h8-13,16,22,26,36H,14-15H2,1-7H3,(H,32,38)(H,33,37). The molecule has 0 saturated heterocycles. The molecular weight excluding hydrogens is 564 g/mol. The van der Waals surface area contributed by atoms with Crippen LogP contribution in [0.4, 0.5) is 0 Å². The summed E-state index contributed by atoms with van der Waals surface area (Å²) in [6.07, 6.45) is -1.41. The Hall–Kier alpha value is -4.09. The van der Waals surface area contributed by atoms with Crippen LogP contribution in [0.5, 0.6) is 11.5 Å². The highest BCUT2D eigenvalue weighted by atomic mass is 35.5. The third-order valence-electron chi connectivity index (χ3n) is 6.66. The second-order valence-corrected chi connectivity index (χ2v) is 11.1. The van der Waals surface area contributed by atoms with Crippen molar-refractivity contribution in [3.05, 3.63) is 58.7 Å². The van der Waals surface area contributed by atoms with Gasteiger partial charge in [-0.3, -0.25) is 9.59 Å². The highest BCUT2D eigenvalue weighted by Crippen LogP contribution is 2.34. The molecule has 12 heteroatoms. The average Bonchev–Trinajstić information content (AvgIpc) is 3.30. The van der Waals surface area contributed by atoms with E-state index in [0.29, 0.717) is 33.5 Å². The number of benzene rings is 2. The molecule has 0 aliphatic heterocycles. The number of carbonyl (C=O) groups excluding carboxylic acids is 3. The highest BCUT2D eigenvalue weighted by Gasteiger charge is 2.35. The first-order valence-corrected chi connectivity index (χ1v) is 13.6. The van der Waals surface area contributed by atoms with E-state index in [1.807, 2.05) is 45.0 Å². The van der Waals surface area contributed by atoms with Gasteiger partial charge in [0, 0.05) is 35.2 Å². The summed E-state index contributed by atoms with van der Waals surface area (Å²) in [6.45, 7) is 7.22. The van der Waals surface area contributed by atoms with Gasteiger partial charge in [0.25, 0.3) is 5.91 Å². The van der Waals surface area contributed by atoms with Crippen LogP contribution in [0.25, 0.3) is 16.9 Å². The summed E-state index contributed by atoms with van der Waals surface area (Å²) in [4.78, 5) is 38.4. The Morgan fingerprint density at radius 2 is 1.71 bits per heavy atom. The number of carbonyl (C=O) groups is 3. The number of aromatic nitrogens is 2. The number of esters is 1. The van der Waals surface area contributed by atoms with Crippen molar-refractivity contribution in [3.63, 3.8) is 0 Å². The molecule has 2 unspecified atom stereocenters. The number of methoxy groups -OCH3 is 3. The molecule has 0 spiro atoms. The predicted octanol–water partition coefficient (Wildman–Crippen LogP) is 3.70. The van der Waals surface area contributed by atoms with Gasteiger partial charge < -0.3 is 30.0 Å². The summed E-state index contributed by atoms with van der Waals surface area (Å²) in [5.41, 5.74) is 1.97. The van der Waals surface area contributed by atoms with Crippen LogP contribution >= 0.6 is 11.6 Å². The van der Waals surface area contributed by atoms with Crippen LogP contribution in [0.15, 0.2) is 42.5 Å². The van der Waals surface area contributed by atoms with E-state index in [4.69, 9.17) is 21.1 Å². The van der Waals surface area contributed by atoms with Crippen LogP contribution in [-0.2, 0) is 14.3 Å². The molecule has 0 bridgehead atoms. The van der Waals surface area contributed by atoms with Crippen molar-refractivity contribution in [1.82, 2.24) is 20.4 Å². The lowest BCUT2D eigenvalue weighted by Gasteiger charge is -2.30. The van der Waals surface area contributed by atoms with Crippen LogP contribution in [0.1, 0.15) is 43.2 Å². The highest BCUT2D eigenvalue weighted by molar-refractivity contribution is 6.30. The number of nitrogens with one attached hydrogen (secondary N) is 2. The first-order chi connectivity index (χ1) is 19.8. The molecule has 1 heterocycles. The Morgan fingerprint density at radius 3 is 2.29 bits per heavy atom. The van der Waals surface area contributed by atoms with Gasteiger partial charge in [-0.1, -0.05) is 32.4 Å². The lowest BCUT2D eigenvalue weighted by Crippen LogP contribution is -2.54. The van der Waals surface area contributed by atoms with Gasteiger partial charge in [-0.05, 0) is 48.7 Å². The van der Waals surface area contributed by atoms with E-state index in [1.165, 1.54) is 14.2 Å². The number of hydrogen-bond acceptors (Lipinski definition) is 8. The van der Waals surface area contributed by atoms with Gasteiger partial charge in [-0.15, -0.1) is 0 Å². The molecular formula is C30H37ClN4O7. The Kier molecular flexibility index (Phi) is 10.6. The van der Waals surface area contributed by atoms with Crippen molar-refractivity contribution in [2.24, 2.45) is 5.41 Å². The second-order valence-electron chi connectivity index (χ2n) is 10.7. The number of hydrogen-bond donors (Lipinski definition) is 3. The average molecular weight is 601 g/mol. The molecule has 42 heavy (non-hydrogen) atoms. The molecule has 3 aromatic rings. The number of aliphatic hydroxyl groups is 1. The molecule has 0 aliphatic carbocycles. The summed E-state index contributed by atoms with van der Waals surface area (Å²) >= 11 is 6.20. The SMILES string of the molecule is COC(=O)C(O)CCNC(=O)C(NC(=O)c1nn(-c2ccc(Cl)cc2OC)c(-c2ccc(OC)cc2)c1C)C(C)(C)C. The van der Waals surface area contributed by atoms with Crippen molar-refractivity contribution in [3.8, 4) is 28.4 Å². The minimum absolute atomic E-state index is 0.00316. The molecule has 226 valence electrons. The number of amides is 2. The van der Waals surface area contributed by atoms with E-state index < -0.39 is 35.3 Å². The first kappa shape index (κ1) is 32.4. The Bertz CT molecular complexity index is 1430. The molecule has 11 nitrogen and oxygen atoms in total. The lowest BCUT2D eigenvalue weighted by atomic mass is 9.86. The molecule has 3 rings (SSSR count). The van der Waals surface area contributed by atoms with E-state index in [9.17, 15) is 19.5 Å². The zero-order chi connectivity index (χ0) is 31.2. The van der Waals surface area contributed by atoms with Gasteiger partial charge in [0.05, 0.1) is 27.0 Å². The normalized spacial score (nSPS) is 12.7. The van der Waals surface area contributed by atoms with Crippen LogP contribution in [0.2, 0.25) is 5.02 Å². The van der Waals surface area contributed by atoms with E-state index >= 15 is 0 Å². The fourth-order valence-corrected chi connectivity index (χ4v) is 4.53. The van der Waals surface area contributed by atoms with Gasteiger partial charge in [0.1, 0.15) is 23.2 Å². The Balaban J connectivity index is 2.00. The summed E-state index contributed by atoms with van der Waals surface area (Å²) < 4.78 is 17.0. The smallest absolute Gasteiger partial charge is 0.334 e. The lowest BCUT2D eigenvalue weighted by molar-refractivity contribution is -0.150. The van der Waals surface area contributed by atoms with Crippen LogP contribution < -0.4 is 20.1 Å². The zero-order valence-electron chi connectivity index (χ0n) is 24.8. The van der Waals surface area contributed by atoms with Crippen molar-refractivity contribution in [2.75, 3.05) is 27.9 Å². The maximum Gasteiger partial charge on any atom is 0.334 e.